The molecule has 0 aromatic heterocycles. The van der Waals surface area contributed by atoms with E-state index in [1.807, 2.05) is 25.1 Å². The molecule has 5 N–H and O–H groups in total. The summed E-state index contributed by atoms with van der Waals surface area (Å²) in [6, 6.07) is 12.0. The summed E-state index contributed by atoms with van der Waals surface area (Å²) in [5.74, 6) is -0.239. The number of nitrogens with one attached hydrogen (secondary N) is 1. The van der Waals surface area contributed by atoms with E-state index in [-0.39, 0.29) is 11.9 Å². The molecule has 0 spiro atoms. The molecule has 0 aliphatic carbocycles. The van der Waals surface area contributed by atoms with Crippen LogP contribution >= 0.6 is 11.6 Å². The van der Waals surface area contributed by atoms with Gasteiger partial charge in [-0.05, 0) is 36.8 Å². The van der Waals surface area contributed by atoms with Gasteiger partial charge in [0.25, 0.3) is 5.91 Å². The Morgan fingerprint density at radius 2 is 1.75 bits per heavy atom. The Hall–Kier alpha value is -2.20. The molecule has 2 rings (SSSR count). The molecule has 0 bridgehead atoms. The van der Waals surface area contributed by atoms with Crippen molar-refractivity contribution in [2.75, 3.05) is 11.5 Å². The first-order valence-electron chi connectivity index (χ1n) is 6.18. The summed E-state index contributed by atoms with van der Waals surface area (Å²) in [4.78, 5) is 12.2. The Morgan fingerprint density at radius 1 is 1.15 bits per heavy atom. The van der Waals surface area contributed by atoms with Crippen molar-refractivity contribution in [1.82, 2.24) is 5.32 Å². The number of amides is 1. The van der Waals surface area contributed by atoms with E-state index >= 15 is 0 Å². The van der Waals surface area contributed by atoms with Crippen LogP contribution < -0.4 is 16.8 Å². The standard InChI is InChI=1S/C15H16ClN3O/c1-9(13-4-2-3-5-14(13)16)19-15(20)10-6-11(17)8-12(18)7-10/h2-9H,17-18H2,1H3,(H,19,20). The molecule has 2 aromatic rings. The van der Waals surface area contributed by atoms with Gasteiger partial charge in [-0.1, -0.05) is 29.8 Å². The monoisotopic (exact) mass is 289 g/mol. The Balaban J connectivity index is 2.17. The van der Waals surface area contributed by atoms with Crippen LogP contribution in [0.2, 0.25) is 5.02 Å². The van der Waals surface area contributed by atoms with Crippen LogP contribution in [0.25, 0.3) is 0 Å². The van der Waals surface area contributed by atoms with E-state index in [2.05, 4.69) is 5.32 Å². The van der Waals surface area contributed by atoms with E-state index in [1.165, 1.54) is 0 Å². The summed E-state index contributed by atoms with van der Waals surface area (Å²) in [5, 5.41) is 3.49. The summed E-state index contributed by atoms with van der Waals surface area (Å²) < 4.78 is 0. The van der Waals surface area contributed by atoms with E-state index in [1.54, 1.807) is 24.3 Å². The molecule has 4 nitrogen and oxygen atoms in total. The minimum Gasteiger partial charge on any atom is -0.399 e. The normalized spacial score (nSPS) is 11.9. The van der Waals surface area contributed by atoms with Crippen molar-refractivity contribution >= 4 is 28.9 Å². The number of nitrogen functional groups attached to an aromatic ring is 2. The van der Waals surface area contributed by atoms with Crippen molar-refractivity contribution in [3.8, 4) is 0 Å². The van der Waals surface area contributed by atoms with Crippen molar-refractivity contribution in [3.63, 3.8) is 0 Å². The van der Waals surface area contributed by atoms with Gasteiger partial charge in [-0.25, -0.2) is 0 Å². The van der Waals surface area contributed by atoms with Crippen LogP contribution in [0, 0.1) is 0 Å². The zero-order chi connectivity index (χ0) is 14.7. The van der Waals surface area contributed by atoms with E-state index in [0.29, 0.717) is 22.0 Å². The number of rotatable bonds is 3. The summed E-state index contributed by atoms with van der Waals surface area (Å²) >= 11 is 6.11. The first-order valence-corrected chi connectivity index (χ1v) is 6.56. The van der Waals surface area contributed by atoms with Crippen molar-refractivity contribution in [2.45, 2.75) is 13.0 Å². The lowest BCUT2D eigenvalue weighted by Gasteiger charge is -2.16. The quantitative estimate of drug-likeness (QED) is 0.760. The predicted molar refractivity (Wildman–Crippen MR) is 82.6 cm³/mol. The molecule has 0 aliphatic heterocycles. The fraction of sp³-hybridized carbons (Fsp3) is 0.133. The molecule has 0 aliphatic rings. The Bertz CT molecular complexity index is 623. The van der Waals surface area contributed by atoms with Crippen LogP contribution in [-0.4, -0.2) is 5.91 Å². The minimum absolute atomic E-state index is 0.209. The van der Waals surface area contributed by atoms with E-state index < -0.39 is 0 Å². The van der Waals surface area contributed by atoms with Gasteiger partial charge in [0, 0.05) is 22.0 Å². The molecule has 0 saturated heterocycles. The van der Waals surface area contributed by atoms with Gasteiger partial charge in [0.15, 0.2) is 0 Å². The summed E-state index contributed by atoms with van der Waals surface area (Å²) in [6.45, 7) is 1.87. The predicted octanol–water partition coefficient (Wildman–Crippen LogP) is 3.00. The van der Waals surface area contributed by atoms with E-state index in [4.69, 9.17) is 23.1 Å². The third kappa shape index (κ3) is 3.22. The lowest BCUT2D eigenvalue weighted by Crippen LogP contribution is -2.27. The molecule has 1 unspecified atom stereocenters. The molecular formula is C15H16ClN3O. The zero-order valence-corrected chi connectivity index (χ0v) is 11.8. The highest BCUT2D eigenvalue weighted by atomic mass is 35.5. The van der Waals surface area contributed by atoms with Crippen LogP contribution in [0.15, 0.2) is 42.5 Å². The van der Waals surface area contributed by atoms with Gasteiger partial charge in [-0.2, -0.15) is 0 Å². The molecule has 0 radical (unpaired) electrons. The van der Waals surface area contributed by atoms with Crippen LogP contribution in [-0.2, 0) is 0 Å². The molecule has 20 heavy (non-hydrogen) atoms. The van der Waals surface area contributed by atoms with Crippen LogP contribution in [0.3, 0.4) is 0 Å². The third-order valence-corrected chi connectivity index (χ3v) is 3.30. The highest BCUT2D eigenvalue weighted by Gasteiger charge is 2.14. The fourth-order valence-electron chi connectivity index (χ4n) is 1.99. The second kappa shape index (κ2) is 5.84. The van der Waals surface area contributed by atoms with Crippen molar-refractivity contribution in [1.29, 1.82) is 0 Å². The number of carbonyl (C=O) groups is 1. The number of halogens is 1. The van der Waals surface area contributed by atoms with Crippen molar-refractivity contribution in [3.05, 3.63) is 58.6 Å². The number of anilines is 2. The van der Waals surface area contributed by atoms with Crippen LogP contribution in [0.1, 0.15) is 28.9 Å². The summed E-state index contributed by atoms with van der Waals surface area (Å²) in [6.07, 6.45) is 0. The average Bonchev–Trinajstić information content (AvgIpc) is 2.37. The number of carbonyl (C=O) groups excluding carboxylic acids is 1. The lowest BCUT2D eigenvalue weighted by atomic mass is 10.1. The number of hydrogen-bond donors (Lipinski definition) is 3. The van der Waals surface area contributed by atoms with E-state index in [0.717, 1.165) is 5.56 Å². The average molecular weight is 290 g/mol. The van der Waals surface area contributed by atoms with Gasteiger partial charge in [-0.3, -0.25) is 4.79 Å². The highest BCUT2D eigenvalue weighted by molar-refractivity contribution is 6.31. The van der Waals surface area contributed by atoms with E-state index in [9.17, 15) is 4.79 Å². The maximum Gasteiger partial charge on any atom is 0.251 e. The topological polar surface area (TPSA) is 81.1 Å². The zero-order valence-electron chi connectivity index (χ0n) is 11.1. The second-order valence-electron chi connectivity index (χ2n) is 4.61. The van der Waals surface area contributed by atoms with Gasteiger partial charge in [0.05, 0.1) is 6.04 Å². The van der Waals surface area contributed by atoms with Crippen molar-refractivity contribution < 1.29 is 4.79 Å². The Morgan fingerprint density at radius 3 is 2.35 bits per heavy atom. The maximum absolute atomic E-state index is 12.2. The van der Waals surface area contributed by atoms with Gasteiger partial charge < -0.3 is 16.8 Å². The molecule has 104 valence electrons. The first-order chi connectivity index (χ1) is 9.47. The second-order valence-corrected chi connectivity index (χ2v) is 5.01. The first kappa shape index (κ1) is 14.2. The molecule has 5 heteroatoms. The molecular weight excluding hydrogens is 274 g/mol. The third-order valence-electron chi connectivity index (χ3n) is 2.96. The van der Waals surface area contributed by atoms with Crippen molar-refractivity contribution in [2.24, 2.45) is 0 Å². The smallest absolute Gasteiger partial charge is 0.251 e. The molecule has 1 atom stereocenters. The molecule has 0 fully saturated rings. The Labute approximate surface area is 122 Å². The largest absolute Gasteiger partial charge is 0.399 e. The van der Waals surface area contributed by atoms with Crippen LogP contribution in [0.5, 0.6) is 0 Å². The summed E-state index contributed by atoms with van der Waals surface area (Å²) in [5.41, 5.74) is 13.6. The lowest BCUT2D eigenvalue weighted by molar-refractivity contribution is 0.0940. The highest BCUT2D eigenvalue weighted by Crippen LogP contribution is 2.23. The fourth-order valence-corrected chi connectivity index (χ4v) is 2.29. The van der Waals surface area contributed by atoms with Crippen LogP contribution in [0.4, 0.5) is 11.4 Å². The molecule has 1 amide bonds. The molecule has 0 heterocycles. The molecule has 0 saturated carbocycles. The summed E-state index contributed by atoms with van der Waals surface area (Å²) in [7, 11) is 0. The van der Waals surface area contributed by atoms with Gasteiger partial charge in [-0.15, -0.1) is 0 Å². The minimum atomic E-state index is -0.239. The number of benzene rings is 2. The Kier molecular flexibility index (Phi) is 4.15. The van der Waals surface area contributed by atoms with Gasteiger partial charge in [0.2, 0.25) is 0 Å². The SMILES string of the molecule is CC(NC(=O)c1cc(N)cc(N)c1)c1ccccc1Cl. The molecule has 2 aromatic carbocycles. The number of hydrogen-bond acceptors (Lipinski definition) is 3. The number of nitrogens with two attached hydrogens (primary N) is 2. The van der Waals surface area contributed by atoms with Gasteiger partial charge in [0.1, 0.15) is 0 Å². The maximum atomic E-state index is 12.2. The van der Waals surface area contributed by atoms with Gasteiger partial charge >= 0.3 is 0 Å².